The Bertz CT molecular complexity index is 1510. The quantitative estimate of drug-likeness (QED) is 0.367. The molecule has 1 saturated heterocycles. The van der Waals surface area contributed by atoms with Crippen molar-refractivity contribution < 1.29 is 19.4 Å². The number of carboxylic acids is 1. The average molecular weight is 515 g/mol. The first-order valence-corrected chi connectivity index (χ1v) is 13.2. The number of aromatic nitrogens is 2. The van der Waals surface area contributed by atoms with Gasteiger partial charge in [-0.15, -0.1) is 11.3 Å². The van der Waals surface area contributed by atoms with Crippen LogP contribution in [0, 0.1) is 11.3 Å². The third-order valence-electron chi connectivity index (χ3n) is 7.04. The van der Waals surface area contributed by atoms with E-state index in [1.165, 1.54) is 22.5 Å². The van der Waals surface area contributed by atoms with Crippen LogP contribution < -0.4 is 4.74 Å². The summed E-state index contributed by atoms with van der Waals surface area (Å²) in [4.78, 5) is 20.6. The van der Waals surface area contributed by atoms with Gasteiger partial charge in [-0.3, -0.25) is 4.90 Å². The van der Waals surface area contributed by atoms with Gasteiger partial charge in [-0.05, 0) is 66.4 Å². The van der Waals surface area contributed by atoms with Crippen molar-refractivity contribution in [2.24, 2.45) is 0 Å². The van der Waals surface area contributed by atoms with Gasteiger partial charge < -0.3 is 19.1 Å². The highest BCUT2D eigenvalue weighted by molar-refractivity contribution is 7.12. The van der Waals surface area contributed by atoms with Gasteiger partial charge in [-0.1, -0.05) is 6.07 Å². The van der Waals surface area contributed by atoms with E-state index in [2.05, 4.69) is 27.7 Å². The molecule has 8 nitrogen and oxygen atoms in total. The zero-order chi connectivity index (χ0) is 25.4. The number of imidazole rings is 1. The fourth-order valence-electron chi connectivity index (χ4n) is 4.95. The molecule has 0 spiro atoms. The number of thiophene rings is 1. The van der Waals surface area contributed by atoms with Crippen LogP contribution in [-0.4, -0.2) is 44.8 Å². The smallest absolute Gasteiger partial charge is 0.335 e. The number of carbonyl (C=O) groups is 1. The van der Waals surface area contributed by atoms with Crippen LogP contribution >= 0.6 is 11.3 Å². The molecule has 0 saturated carbocycles. The van der Waals surface area contributed by atoms with Gasteiger partial charge in [-0.25, -0.2) is 9.78 Å². The molecular weight excluding hydrogens is 488 g/mol. The normalized spacial score (nSPS) is 17.2. The second-order valence-electron chi connectivity index (χ2n) is 9.49. The molecule has 2 aliphatic rings. The maximum atomic E-state index is 11.6. The summed E-state index contributed by atoms with van der Waals surface area (Å²) in [6.07, 6.45) is 2.08. The fraction of sp³-hybridized carbons (Fsp3) is 0.321. The standard InChI is InChI=1S/C28H26N4O4S/c29-13-23-4-5-24(37-23)17-36-21-3-1-18-7-9-31(14-20(18)11-21)16-27-30-25-6-2-19(28(33)34)12-26(25)32(27)15-22-8-10-35-22/h1-6,11-12,22H,7-10,14-17H2,(H,33,34)/t22-/m0/s1. The lowest BCUT2D eigenvalue weighted by Crippen LogP contribution is -2.34. The summed E-state index contributed by atoms with van der Waals surface area (Å²) in [5.41, 5.74) is 4.48. The van der Waals surface area contributed by atoms with Gasteiger partial charge in [0.1, 0.15) is 29.1 Å². The Labute approximate surface area is 218 Å². The van der Waals surface area contributed by atoms with E-state index in [1.54, 1.807) is 18.2 Å². The molecule has 1 N–H and O–H groups in total. The van der Waals surface area contributed by atoms with Crippen LogP contribution in [0.15, 0.2) is 48.5 Å². The van der Waals surface area contributed by atoms with Gasteiger partial charge in [0, 0.05) is 24.6 Å². The molecule has 6 rings (SSSR count). The Morgan fingerprint density at radius 3 is 2.86 bits per heavy atom. The molecule has 2 aromatic carbocycles. The van der Waals surface area contributed by atoms with Crippen LogP contribution in [0.4, 0.5) is 0 Å². The van der Waals surface area contributed by atoms with Crippen LogP contribution in [0.2, 0.25) is 0 Å². The minimum atomic E-state index is -0.939. The maximum Gasteiger partial charge on any atom is 0.335 e. The van der Waals surface area contributed by atoms with Crippen molar-refractivity contribution in [2.45, 2.75) is 45.2 Å². The molecule has 1 fully saturated rings. The summed E-state index contributed by atoms with van der Waals surface area (Å²) in [6.45, 7) is 4.26. The lowest BCUT2D eigenvalue weighted by Gasteiger charge is -2.30. The zero-order valence-corrected chi connectivity index (χ0v) is 21.0. The van der Waals surface area contributed by atoms with Gasteiger partial charge in [0.05, 0.1) is 35.8 Å². The molecule has 4 aromatic rings. The van der Waals surface area contributed by atoms with Crippen molar-refractivity contribution in [3.8, 4) is 11.8 Å². The number of nitriles is 1. The molecule has 4 heterocycles. The molecule has 0 bridgehead atoms. The van der Waals surface area contributed by atoms with E-state index in [0.29, 0.717) is 24.6 Å². The highest BCUT2D eigenvalue weighted by atomic mass is 32.1. The summed E-state index contributed by atoms with van der Waals surface area (Å²) >= 11 is 1.45. The molecule has 1 atom stereocenters. The summed E-state index contributed by atoms with van der Waals surface area (Å²) in [5.74, 6) is 0.810. The van der Waals surface area contributed by atoms with Crippen molar-refractivity contribution in [1.82, 2.24) is 14.5 Å². The minimum Gasteiger partial charge on any atom is -0.488 e. The van der Waals surface area contributed by atoms with E-state index in [1.807, 2.05) is 18.2 Å². The molecule has 9 heteroatoms. The Morgan fingerprint density at radius 1 is 1.22 bits per heavy atom. The number of nitrogens with zero attached hydrogens (tertiary/aromatic N) is 4. The van der Waals surface area contributed by atoms with Crippen LogP contribution in [0.3, 0.4) is 0 Å². The van der Waals surface area contributed by atoms with E-state index < -0.39 is 5.97 Å². The number of carboxylic acid groups (broad SMARTS) is 1. The lowest BCUT2D eigenvalue weighted by molar-refractivity contribution is -0.0592. The number of aromatic carboxylic acids is 1. The van der Waals surface area contributed by atoms with Crippen molar-refractivity contribution in [3.05, 3.63) is 80.8 Å². The van der Waals surface area contributed by atoms with Crippen LogP contribution in [0.1, 0.15) is 43.5 Å². The summed E-state index contributed by atoms with van der Waals surface area (Å²) in [6, 6.07) is 17.3. The molecular formula is C28H26N4O4S. The van der Waals surface area contributed by atoms with E-state index in [9.17, 15) is 9.90 Å². The molecule has 0 unspecified atom stereocenters. The minimum absolute atomic E-state index is 0.138. The highest BCUT2D eigenvalue weighted by Crippen LogP contribution is 2.28. The van der Waals surface area contributed by atoms with Crippen LogP contribution in [0.25, 0.3) is 11.0 Å². The molecule has 0 amide bonds. The van der Waals surface area contributed by atoms with E-state index >= 15 is 0 Å². The molecule has 2 aromatic heterocycles. The van der Waals surface area contributed by atoms with Crippen molar-refractivity contribution in [3.63, 3.8) is 0 Å². The number of fused-ring (bicyclic) bond motifs is 2. The van der Waals surface area contributed by atoms with Gasteiger partial charge in [0.15, 0.2) is 0 Å². The van der Waals surface area contributed by atoms with Gasteiger partial charge in [0.2, 0.25) is 0 Å². The van der Waals surface area contributed by atoms with Gasteiger partial charge in [0.25, 0.3) is 0 Å². The van der Waals surface area contributed by atoms with Crippen LogP contribution in [0.5, 0.6) is 5.75 Å². The molecule has 37 heavy (non-hydrogen) atoms. The third kappa shape index (κ3) is 4.96. The first-order valence-electron chi connectivity index (χ1n) is 12.4. The lowest BCUT2D eigenvalue weighted by atomic mass is 9.99. The Hall–Kier alpha value is -3.71. The largest absolute Gasteiger partial charge is 0.488 e. The Morgan fingerprint density at radius 2 is 2.11 bits per heavy atom. The molecule has 188 valence electrons. The van der Waals surface area contributed by atoms with Crippen LogP contribution in [-0.2, 0) is 37.4 Å². The monoisotopic (exact) mass is 514 g/mol. The van der Waals surface area contributed by atoms with E-state index in [-0.39, 0.29) is 11.7 Å². The highest BCUT2D eigenvalue weighted by Gasteiger charge is 2.24. The summed E-state index contributed by atoms with van der Waals surface area (Å²) in [5, 5.41) is 18.5. The van der Waals surface area contributed by atoms with E-state index in [4.69, 9.17) is 19.7 Å². The predicted molar refractivity (Wildman–Crippen MR) is 139 cm³/mol. The second-order valence-corrected chi connectivity index (χ2v) is 10.7. The molecule has 0 radical (unpaired) electrons. The number of hydrogen-bond acceptors (Lipinski definition) is 7. The summed E-state index contributed by atoms with van der Waals surface area (Å²) < 4.78 is 13.9. The average Bonchev–Trinajstić information content (AvgIpc) is 3.48. The SMILES string of the molecule is N#Cc1ccc(COc2ccc3c(c2)CN(Cc2nc4ccc(C(=O)O)cc4n2C[C@@H]2CCO2)CC3)s1. The molecule has 2 aliphatic heterocycles. The Kier molecular flexibility index (Phi) is 6.38. The van der Waals surface area contributed by atoms with Crippen molar-refractivity contribution in [2.75, 3.05) is 13.2 Å². The number of rotatable bonds is 8. The second kappa shape index (κ2) is 9.98. The summed E-state index contributed by atoms with van der Waals surface area (Å²) in [7, 11) is 0. The first kappa shape index (κ1) is 23.7. The van der Waals surface area contributed by atoms with Gasteiger partial charge in [-0.2, -0.15) is 5.26 Å². The third-order valence-corrected chi connectivity index (χ3v) is 8.00. The predicted octanol–water partition coefficient (Wildman–Crippen LogP) is 4.59. The topological polar surface area (TPSA) is 101 Å². The Balaban J connectivity index is 1.20. The van der Waals surface area contributed by atoms with Crippen molar-refractivity contribution >= 4 is 28.3 Å². The molecule has 0 aliphatic carbocycles. The fourth-order valence-corrected chi connectivity index (χ4v) is 5.67. The van der Waals surface area contributed by atoms with E-state index in [0.717, 1.165) is 60.0 Å². The first-order chi connectivity index (χ1) is 18.1. The van der Waals surface area contributed by atoms with Gasteiger partial charge >= 0.3 is 5.97 Å². The maximum absolute atomic E-state index is 11.6. The number of benzene rings is 2. The number of hydrogen-bond donors (Lipinski definition) is 1. The number of ether oxygens (including phenoxy) is 2. The van der Waals surface area contributed by atoms with Crippen molar-refractivity contribution in [1.29, 1.82) is 5.26 Å². The zero-order valence-electron chi connectivity index (χ0n) is 20.2.